The van der Waals surface area contributed by atoms with Gasteiger partial charge in [0.1, 0.15) is 11.6 Å². The fourth-order valence-electron chi connectivity index (χ4n) is 3.29. The topological polar surface area (TPSA) is 101 Å². The summed E-state index contributed by atoms with van der Waals surface area (Å²) in [5, 5.41) is 21.8. The Kier molecular flexibility index (Phi) is 5.21. The van der Waals surface area contributed by atoms with Gasteiger partial charge in [0.05, 0.1) is 16.5 Å². The van der Waals surface area contributed by atoms with Crippen molar-refractivity contribution in [3.8, 4) is 0 Å². The Morgan fingerprint density at radius 1 is 1.21 bits per heavy atom. The molecule has 1 saturated heterocycles. The highest BCUT2D eigenvalue weighted by molar-refractivity contribution is 6.46. The Morgan fingerprint density at radius 3 is 2.57 bits per heavy atom. The molecular weight excluding hydrogens is 367 g/mol. The molecule has 1 atom stereocenters. The van der Waals surface area contributed by atoms with Crippen molar-refractivity contribution in [2.45, 2.75) is 19.4 Å². The number of non-ortho nitro benzene ring substituents is 1. The van der Waals surface area contributed by atoms with E-state index < -0.39 is 34.2 Å². The van der Waals surface area contributed by atoms with Gasteiger partial charge in [-0.3, -0.25) is 19.7 Å². The number of hydrogen-bond acceptors (Lipinski definition) is 5. The van der Waals surface area contributed by atoms with Crippen LogP contribution in [0.4, 0.5) is 10.1 Å². The summed E-state index contributed by atoms with van der Waals surface area (Å²) >= 11 is 0. The lowest BCUT2D eigenvalue weighted by Gasteiger charge is -2.25. The Hall–Kier alpha value is -3.55. The van der Waals surface area contributed by atoms with Crippen LogP contribution >= 0.6 is 0 Å². The molecule has 28 heavy (non-hydrogen) atoms. The zero-order valence-electron chi connectivity index (χ0n) is 15.0. The van der Waals surface area contributed by atoms with Crippen LogP contribution in [0.2, 0.25) is 0 Å². The van der Waals surface area contributed by atoms with E-state index in [9.17, 15) is 29.2 Å². The first-order valence-electron chi connectivity index (χ1n) is 8.64. The van der Waals surface area contributed by atoms with E-state index in [0.29, 0.717) is 6.42 Å². The normalized spacial score (nSPS) is 18.5. The molecule has 8 heteroatoms. The maximum atomic E-state index is 14.5. The molecule has 1 aliphatic heterocycles. The van der Waals surface area contributed by atoms with E-state index in [4.69, 9.17) is 0 Å². The molecule has 144 valence electrons. The standard InChI is InChI=1S/C20H17FN2O5/c1-2-10-22-17(14-8-3-4-9-15(14)21)16(19(25)20(22)26)18(24)12-6-5-7-13(11-12)23(27)28/h3-9,11,17,24H,2,10H2,1H3/b18-16+. The molecule has 0 aliphatic carbocycles. The molecule has 1 fully saturated rings. The van der Waals surface area contributed by atoms with Crippen LogP contribution in [-0.4, -0.2) is 33.2 Å². The summed E-state index contributed by atoms with van der Waals surface area (Å²) in [6, 6.07) is 9.65. The third-order valence-corrected chi connectivity index (χ3v) is 4.53. The summed E-state index contributed by atoms with van der Waals surface area (Å²) in [4.78, 5) is 36.7. The molecule has 0 saturated carbocycles. The fraction of sp³-hybridized carbons (Fsp3) is 0.200. The van der Waals surface area contributed by atoms with Gasteiger partial charge in [-0.2, -0.15) is 0 Å². The van der Waals surface area contributed by atoms with E-state index in [1.807, 2.05) is 0 Å². The van der Waals surface area contributed by atoms with Crippen molar-refractivity contribution in [2.75, 3.05) is 6.54 Å². The molecule has 7 nitrogen and oxygen atoms in total. The largest absolute Gasteiger partial charge is 0.507 e. The second kappa shape index (κ2) is 7.59. The Morgan fingerprint density at radius 2 is 1.93 bits per heavy atom. The number of aliphatic hydroxyl groups excluding tert-OH is 1. The monoisotopic (exact) mass is 384 g/mol. The van der Waals surface area contributed by atoms with Gasteiger partial charge in [0.2, 0.25) is 0 Å². The Bertz CT molecular complexity index is 1000. The highest BCUT2D eigenvalue weighted by Crippen LogP contribution is 2.40. The van der Waals surface area contributed by atoms with Crippen LogP contribution < -0.4 is 0 Å². The van der Waals surface area contributed by atoms with E-state index in [2.05, 4.69) is 0 Å². The van der Waals surface area contributed by atoms with Gasteiger partial charge in [0.25, 0.3) is 17.4 Å². The molecule has 1 heterocycles. The zero-order chi connectivity index (χ0) is 20.4. The lowest BCUT2D eigenvalue weighted by Crippen LogP contribution is -2.30. The van der Waals surface area contributed by atoms with Gasteiger partial charge >= 0.3 is 0 Å². The number of ketones is 1. The number of likely N-dealkylation sites (tertiary alicyclic amines) is 1. The van der Waals surface area contributed by atoms with Gasteiger partial charge in [-0.05, 0) is 12.5 Å². The van der Waals surface area contributed by atoms with Gasteiger partial charge in [-0.15, -0.1) is 0 Å². The smallest absolute Gasteiger partial charge is 0.295 e. The minimum Gasteiger partial charge on any atom is -0.507 e. The summed E-state index contributed by atoms with van der Waals surface area (Å²) < 4.78 is 14.5. The minimum absolute atomic E-state index is 0.00466. The van der Waals surface area contributed by atoms with Crippen molar-refractivity contribution in [1.29, 1.82) is 0 Å². The van der Waals surface area contributed by atoms with E-state index in [1.165, 1.54) is 41.3 Å². The lowest BCUT2D eigenvalue weighted by atomic mass is 9.94. The van der Waals surface area contributed by atoms with Gasteiger partial charge in [-0.25, -0.2) is 4.39 Å². The first-order chi connectivity index (χ1) is 13.4. The Balaban J connectivity index is 2.23. The maximum absolute atomic E-state index is 14.5. The van der Waals surface area contributed by atoms with E-state index in [1.54, 1.807) is 13.0 Å². The predicted molar refractivity (Wildman–Crippen MR) is 98.8 cm³/mol. The number of benzene rings is 2. The van der Waals surface area contributed by atoms with Crippen molar-refractivity contribution in [3.05, 3.63) is 81.2 Å². The van der Waals surface area contributed by atoms with Crippen LogP contribution in [0, 0.1) is 15.9 Å². The number of halogens is 1. The summed E-state index contributed by atoms with van der Waals surface area (Å²) in [6.07, 6.45) is 0.523. The third kappa shape index (κ3) is 3.24. The zero-order valence-corrected chi connectivity index (χ0v) is 15.0. The van der Waals surface area contributed by atoms with Crippen LogP contribution in [-0.2, 0) is 9.59 Å². The lowest BCUT2D eigenvalue weighted by molar-refractivity contribution is -0.384. The number of carbonyl (C=O) groups excluding carboxylic acids is 2. The SMILES string of the molecule is CCCN1C(=O)C(=O)/C(=C(/O)c2cccc([N+](=O)[O-])c2)C1c1ccccc1F. The number of nitrogens with zero attached hydrogens (tertiary/aromatic N) is 2. The number of amides is 1. The summed E-state index contributed by atoms with van der Waals surface area (Å²) in [5.41, 5.74) is -0.495. The molecule has 1 amide bonds. The average molecular weight is 384 g/mol. The minimum atomic E-state index is -1.11. The molecule has 0 spiro atoms. The molecule has 0 bridgehead atoms. The van der Waals surface area contributed by atoms with Gasteiger partial charge in [0, 0.05) is 29.8 Å². The molecule has 2 aromatic carbocycles. The number of rotatable bonds is 5. The van der Waals surface area contributed by atoms with Crippen LogP contribution in [0.25, 0.3) is 5.76 Å². The molecule has 0 radical (unpaired) electrons. The van der Waals surface area contributed by atoms with Crippen LogP contribution in [0.3, 0.4) is 0 Å². The van der Waals surface area contributed by atoms with Crippen molar-refractivity contribution < 1.29 is 24.0 Å². The highest BCUT2D eigenvalue weighted by atomic mass is 19.1. The number of nitro groups is 1. The average Bonchev–Trinajstić information content (AvgIpc) is 2.93. The number of hydrogen-bond donors (Lipinski definition) is 1. The number of Topliss-reactive ketones (excluding diaryl/α,β-unsaturated/α-hetero) is 1. The number of carbonyl (C=O) groups is 2. The van der Waals surface area contributed by atoms with E-state index >= 15 is 0 Å². The highest BCUT2D eigenvalue weighted by Gasteiger charge is 2.46. The van der Waals surface area contributed by atoms with Crippen molar-refractivity contribution in [3.63, 3.8) is 0 Å². The van der Waals surface area contributed by atoms with Crippen molar-refractivity contribution in [2.24, 2.45) is 0 Å². The quantitative estimate of drug-likeness (QED) is 0.279. The third-order valence-electron chi connectivity index (χ3n) is 4.53. The van der Waals surface area contributed by atoms with Gasteiger partial charge < -0.3 is 10.0 Å². The van der Waals surface area contributed by atoms with E-state index in [0.717, 1.165) is 6.07 Å². The molecule has 0 aromatic heterocycles. The fourth-order valence-corrected chi connectivity index (χ4v) is 3.29. The summed E-state index contributed by atoms with van der Waals surface area (Å²) in [6.45, 7) is 1.99. The second-order valence-electron chi connectivity index (χ2n) is 6.32. The second-order valence-corrected chi connectivity index (χ2v) is 6.32. The van der Waals surface area contributed by atoms with Crippen molar-refractivity contribution in [1.82, 2.24) is 4.90 Å². The van der Waals surface area contributed by atoms with Crippen LogP contribution in [0.15, 0.2) is 54.1 Å². The number of aliphatic hydroxyl groups is 1. The predicted octanol–water partition coefficient (Wildman–Crippen LogP) is 3.57. The molecule has 3 rings (SSSR count). The molecule has 1 N–H and O–H groups in total. The maximum Gasteiger partial charge on any atom is 0.295 e. The molecular formula is C20H17FN2O5. The number of nitro benzene ring substituents is 1. The van der Waals surface area contributed by atoms with Crippen LogP contribution in [0.5, 0.6) is 0 Å². The van der Waals surface area contributed by atoms with Gasteiger partial charge in [-0.1, -0.05) is 37.3 Å². The van der Waals surface area contributed by atoms with Crippen molar-refractivity contribution >= 4 is 23.1 Å². The van der Waals surface area contributed by atoms with Crippen LogP contribution in [0.1, 0.15) is 30.5 Å². The molecule has 1 unspecified atom stereocenters. The first-order valence-corrected chi connectivity index (χ1v) is 8.64. The van der Waals surface area contributed by atoms with Gasteiger partial charge in [0.15, 0.2) is 0 Å². The first kappa shape index (κ1) is 19.2. The molecule has 2 aromatic rings. The molecule has 1 aliphatic rings. The summed E-state index contributed by atoms with van der Waals surface area (Å²) in [5.74, 6) is -3.00. The van der Waals surface area contributed by atoms with E-state index in [-0.39, 0.29) is 28.9 Å². The Labute approximate surface area is 159 Å². The summed E-state index contributed by atoms with van der Waals surface area (Å²) in [7, 11) is 0.